The van der Waals surface area contributed by atoms with Crippen LogP contribution in [0.15, 0.2) is 72.8 Å². The summed E-state index contributed by atoms with van der Waals surface area (Å²) >= 11 is 0. The molecule has 0 saturated carbocycles. The molecule has 0 N–H and O–H groups in total. The van der Waals surface area contributed by atoms with Crippen LogP contribution in [0.1, 0.15) is 33.9 Å². The average molecular weight is 462 g/mol. The highest BCUT2D eigenvalue weighted by Crippen LogP contribution is 2.34. The van der Waals surface area contributed by atoms with Gasteiger partial charge < -0.3 is 14.7 Å². The van der Waals surface area contributed by atoms with Gasteiger partial charge in [0.25, 0.3) is 5.91 Å². The Balaban J connectivity index is 1.32. The fourth-order valence-corrected chi connectivity index (χ4v) is 4.82. The Morgan fingerprint density at radius 2 is 1.53 bits per heavy atom. The summed E-state index contributed by atoms with van der Waals surface area (Å²) in [5.41, 5.74) is 2.83. The van der Waals surface area contributed by atoms with Gasteiger partial charge in [-0.05, 0) is 41.5 Å². The van der Waals surface area contributed by atoms with Crippen molar-refractivity contribution in [1.82, 2.24) is 9.80 Å². The predicted octanol–water partition coefficient (Wildman–Crippen LogP) is 4.40. The second kappa shape index (κ2) is 9.25. The van der Waals surface area contributed by atoms with Gasteiger partial charge in [-0.15, -0.1) is 0 Å². The minimum Gasteiger partial charge on any atom is -0.366 e. The van der Waals surface area contributed by atoms with Gasteiger partial charge in [0.1, 0.15) is 11.6 Å². The van der Waals surface area contributed by atoms with Gasteiger partial charge in [0.05, 0.1) is 18.2 Å². The Labute approximate surface area is 197 Å². The normalized spacial score (nSPS) is 16.5. The third kappa shape index (κ3) is 4.25. The summed E-state index contributed by atoms with van der Waals surface area (Å²) in [6.45, 7) is 2.41. The zero-order valence-corrected chi connectivity index (χ0v) is 18.7. The Morgan fingerprint density at radius 1 is 0.853 bits per heavy atom. The lowest BCUT2D eigenvalue weighted by molar-refractivity contribution is -0.132. The van der Waals surface area contributed by atoms with Crippen molar-refractivity contribution >= 4 is 17.5 Å². The van der Waals surface area contributed by atoms with Crippen LogP contribution in [0, 0.1) is 11.6 Å². The van der Waals surface area contributed by atoms with E-state index in [0.717, 1.165) is 11.1 Å². The van der Waals surface area contributed by atoms with Crippen molar-refractivity contribution in [3.8, 4) is 0 Å². The fourth-order valence-electron chi connectivity index (χ4n) is 4.82. The van der Waals surface area contributed by atoms with Gasteiger partial charge in [0.15, 0.2) is 0 Å². The summed E-state index contributed by atoms with van der Waals surface area (Å²) in [5, 5.41) is 0. The Kier molecular flexibility index (Phi) is 6.01. The van der Waals surface area contributed by atoms with Crippen LogP contribution in [-0.2, 0) is 11.3 Å². The van der Waals surface area contributed by atoms with E-state index in [9.17, 15) is 18.4 Å². The van der Waals surface area contributed by atoms with Gasteiger partial charge in [-0.25, -0.2) is 8.78 Å². The number of benzene rings is 3. The minimum atomic E-state index is -0.502. The van der Waals surface area contributed by atoms with Crippen LogP contribution in [0.5, 0.6) is 0 Å². The quantitative estimate of drug-likeness (QED) is 0.566. The number of hydrogen-bond donors (Lipinski definition) is 0. The molecule has 2 aliphatic heterocycles. The molecule has 3 aromatic carbocycles. The van der Waals surface area contributed by atoms with Crippen LogP contribution in [0.2, 0.25) is 0 Å². The molecule has 0 unspecified atom stereocenters. The van der Waals surface area contributed by atoms with Crippen LogP contribution >= 0.6 is 0 Å². The summed E-state index contributed by atoms with van der Waals surface area (Å²) in [7, 11) is 0. The molecule has 174 valence electrons. The smallest absolute Gasteiger partial charge is 0.255 e. The molecule has 0 aliphatic carbocycles. The predicted molar refractivity (Wildman–Crippen MR) is 125 cm³/mol. The van der Waals surface area contributed by atoms with Crippen LogP contribution in [0.4, 0.5) is 14.5 Å². The maximum absolute atomic E-state index is 14.2. The van der Waals surface area contributed by atoms with E-state index in [2.05, 4.69) is 0 Å². The van der Waals surface area contributed by atoms with Crippen molar-refractivity contribution in [2.45, 2.75) is 19.0 Å². The number of fused-ring (bicyclic) bond motifs is 1. The zero-order valence-electron chi connectivity index (χ0n) is 18.7. The molecule has 2 amide bonds. The van der Waals surface area contributed by atoms with E-state index in [4.69, 9.17) is 0 Å². The van der Waals surface area contributed by atoms with Crippen LogP contribution in [-0.4, -0.2) is 47.8 Å². The lowest BCUT2D eigenvalue weighted by atomic mass is 10.0. The number of para-hydroxylation sites is 1. The first-order valence-electron chi connectivity index (χ1n) is 11.4. The highest BCUT2D eigenvalue weighted by Gasteiger charge is 2.35. The monoisotopic (exact) mass is 461 g/mol. The molecule has 0 bridgehead atoms. The van der Waals surface area contributed by atoms with E-state index >= 15 is 0 Å². The van der Waals surface area contributed by atoms with Crippen molar-refractivity contribution < 1.29 is 18.4 Å². The molecule has 1 fully saturated rings. The molecule has 2 aliphatic rings. The van der Waals surface area contributed by atoms with Gasteiger partial charge in [-0.3, -0.25) is 9.59 Å². The molecular formula is C27H25F2N3O2. The molecule has 3 aromatic rings. The highest BCUT2D eigenvalue weighted by molar-refractivity contribution is 5.98. The largest absolute Gasteiger partial charge is 0.366 e. The van der Waals surface area contributed by atoms with Crippen LogP contribution < -0.4 is 4.90 Å². The first-order chi connectivity index (χ1) is 16.5. The molecular weight excluding hydrogens is 436 g/mol. The zero-order chi connectivity index (χ0) is 23.7. The van der Waals surface area contributed by atoms with Crippen molar-refractivity contribution in [3.05, 3.63) is 101 Å². The number of anilines is 1. The number of piperazine rings is 1. The second-order valence-corrected chi connectivity index (χ2v) is 8.68. The van der Waals surface area contributed by atoms with Crippen molar-refractivity contribution in [2.24, 2.45) is 0 Å². The van der Waals surface area contributed by atoms with Gasteiger partial charge in [0, 0.05) is 38.3 Å². The SMILES string of the molecule is O=C(C[C@@H](c1ccc(F)cc1)N1Cc2ccccc2C1=O)N1CCN(c2ccccc2F)CC1. The van der Waals surface area contributed by atoms with E-state index in [-0.39, 0.29) is 29.9 Å². The Hall–Kier alpha value is -3.74. The summed E-state index contributed by atoms with van der Waals surface area (Å²) in [4.78, 5) is 31.9. The number of nitrogens with zero attached hydrogens (tertiary/aromatic N) is 3. The second-order valence-electron chi connectivity index (χ2n) is 8.68. The maximum Gasteiger partial charge on any atom is 0.255 e. The molecule has 0 radical (unpaired) electrons. The minimum absolute atomic E-state index is 0.0775. The van der Waals surface area contributed by atoms with E-state index in [1.807, 2.05) is 23.1 Å². The third-order valence-electron chi connectivity index (χ3n) is 6.67. The molecule has 5 rings (SSSR count). The van der Waals surface area contributed by atoms with Gasteiger partial charge >= 0.3 is 0 Å². The van der Waals surface area contributed by atoms with Crippen molar-refractivity contribution in [2.75, 3.05) is 31.1 Å². The van der Waals surface area contributed by atoms with Crippen molar-refractivity contribution in [3.63, 3.8) is 0 Å². The summed E-state index contributed by atoms with van der Waals surface area (Å²) in [6.07, 6.45) is 0.102. The third-order valence-corrected chi connectivity index (χ3v) is 6.67. The first-order valence-corrected chi connectivity index (χ1v) is 11.4. The summed E-state index contributed by atoms with van der Waals surface area (Å²) in [6, 6.07) is 19.6. The molecule has 5 nitrogen and oxygen atoms in total. The number of rotatable bonds is 5. The topological polar surface area (TPSA) is 43.9 Å². The van der Waals surface area contributed by atoms with Gasteiger partial charge in [-0.2, -0.15) is 0 Å². The molecule has 1 atom stereocenters. The summed E-state index contributed by atoms with van der Waals surface area (Å²) in [5.74, 6) is -0.840. The van der Waals surface area contributed by atoms with Gasteiger partial charge in [-0.1, -0.05) is 42.5 Å². The van der Waals surface area contributed by atoms with Crippen molar-refractivity contribution in [1.29, 1.82) is 0 Å². The van der Waals surface area contributed by atoms with E-state index in [1.54, 1.807) is 46.2 Å². The number of hydrogen-bond acceptors (Lipinski definition) is 3. The first kappa shape index (κ1) is 22.1. The standard InChI is InChI=1S/C27H25F2N3O2/c28-21-11-9-19(10-12-21)25(32-18-20-5-1-2-6-22(20)27(32)34)17-26(33)31-15-13-30(14-16-31)24-8-4-3-7-23(24)29/h1-12,25H,13-18H2/t25-/m0/s1. The van der Waals surface area contributed by atoms with E-state index in [0.29, 0.717) is 44.0 Å². The number of halogens is 2. The molecule has 34 heavy (non-hydrogen) atoms. The molecule has 7 heteroatoms. The van der Waals surface area contributed by atoms with E-state index < -0.39 is 6.04 Å². The fraction of sp³-hybridized carbons (Fsp3) is 0.259. The lowest BCUT2D eigenvalue weighted by Gasteiger charge is -2.37. The van der Waals surface area contributed by atoms with E-state index in [1.165, 1.54) is 18.2 Å². The molecule has 0 spiro atoms. The average Bonchev–Trinajstić information content (AvgIpc) is 3.20. The number of amides is 2. The van der Waals surface area contributed by atoms with Crippen LogP contribution in [0.3, 0.4) is 0 Å². The van der Waals surface area contributed by atoms with Gasteiger partial charge in [0.2, 0.25) is 5.91 Å². The lowest BCUT2D eigenvalue weighted by Crippen LogP contribution is -2.49. The molecule has 1 saturated heterocycles. The highest BCUT2D eigenvalue weighted by atomic mass is 19.1. The summed E-state index contributed by atoms with van der Waals surface area (Å²) < 4.78 is 27.7. The maximum atomic E-state index is 14.2. The Morgan fingerprint density at radius 3 is 2.24 bits per heavy atom. The molecule has 2 heterocycles. The van der Waals surface area contributed by atoms with Crippen LogP contribution in [0.25, 0.3) is 0 Å². The Bertz CT molecular complexity index is 1210. The number of carbonyl (C=O) groups is 2. The number of carbonyl (C=O) groups excluding carboxylic acids is 2. The molecule has 0 aromatic heterocycles.